The molecule has 0 aliphatic carbocycles. The second-order valence-corrected chi connectivity index (χ2v) is 3.12. The van der Waals surface area contributed by atoms with Gasteiger partial charge in [0.2, 0.25) is 0 Å². The van der Waals surface area contributed by atoms with Crippen LogP contribution < -0.4 is 9.47 Å². The zero-order valence-electron chi connectivity index (χ0n) is 9.47. The van der Waals surface area contributed by atoms with Crippen molar-refractivity contribution >= 4 is 18.3 Å². The quantitative estimate of drug-likeness (QED) is 0.621. The van der Waals surface area contributed by atoms with Crippen LogP contribution in [-0.2, 0) is 4.79 Å². The molecule has 0 saturated carbocycles. The van der Waals surface area contributed by atoms with Gasteiger partial charge in [0.05, 0.1) is 14.2 Å². The molecule has 0 spiro atoms. The van der Waals surface area contributed by atoms with Crippen LogP contribution in [0.4, 0.5) is 0 Å². The van der Waals surface area contributed by atoms with E-state index in [2.05, 4.69) is 0 Å². The molecule has 0 bridgehead atoms. The van der Waals surface area contributed by atoms with E-state index in [-0.39, 0.29) is 0 Å². The summed E-state index contributed by atoms with van der Waals surface area (Å²) in [6.07, 6.45) is 2.87. The van der Waals surface area contributed by atoms with Gasteiger partial charge in [-0.15, -0.1) is 0 Å². The van der Waals surface area contributed by atoms with E-state index in [1.165, 1.54) is 26.4 Å². The minimum atomic E-state index is -1.10. The van der Waals surface area contributed by atoms with Gasteiger partial charge in [-0.05, 0) is 12.1 Å². The highest BCUT2D eigenvalue weighted by atomic mass is 16.5. The molecule has 17 heavy (non-hydrogen) atoms. The highest BCUT2D eigenvalue weighted by Gasteiger charge is 2.09. The number of carboxylic acids is 1. The predicted octanol–water partition coefficient (Wildman–Crippen LogP) is 1.61. The fourth-order valence-corrected chi connectivity index (χ4v) is 1.34. The molecule has 1 N–H and O–H groups in total. The van der Waals surface area contributed by atoms with E-state index < -0.39 is 5.97 Å². The number of hydrogen-bond donors (Lipinski definition) is 1. The Morgan fingerprint density at radius 1 is 1.29 bits per heavy atom. The largest absolute Gasteiger partial charge is 0.497 e. The summed E-state index contributed by atoms with van der Waals surface area (Å²) in [6, 6.07) is 3.09. The molecule has 0 amide bonds. The van der Waals surface area contributed by atoms with Crippen LogP contribution in [0.2, 0.25) is 0 Å². The monoisotopic (exact) mass is 236 g/mol. The van der Waals surface area contributed by atoms with Crippen molar-refractivity contribution in [1.82, 2.24) is 0 Å². The number of hydrogen-bond acceptors (Lipinski definition) is 4. The second-order valence-electron chi connectivity index (χ2n) is 3.12. The molecule has 1 aromatic carbocycles. The molecular formula is C12H12O5. The third kappa shape index (κ3) is 3.07. The van der Waals surface area contributed by atoms with Crippen molar-refractivity contribution in [2.75, 3.05) is 14.2 Å². The van der Waals surface area contributed by atoms with Crippen LogP contribution in [0.1, 0.15) is 15.9 Å². The molecular weight excluding hydrogens is 224 g/mol. The third-order valence-corrected chi connectivity index (χ3v) is 2.12. The summed E-state index contributed by atoms with van der Waals surface area (Å²) in [5.41, 5.74) is 0.712. The van der Waals surface area contributed by atoms with Gasteiger partial charge in [-0.2, -0.15) is 0 Å². The summed E-state index contributed by atoms with van der Waals surface area (Å²) >= 11 is 0. The van der Waals surface area contributed by atoms with Crippen molar-refractivity contribution in [2.24, 2.45) is 0 Å². The summed E-state index contributed by atoms with van der Waals surface area (Å²) in [4.78, 5) is 21.4. The lowest BCUT2D eigenvalue weighted by Gasteiger charge is -2.09. The van der Waals surface area contributed by atoms with Gasteiger partial charge in [-0.25, -0.2) is 4.79 Å². The maximum atomic E-state index is 10.9. The number of carbonyl (C=O) groups is 2. The van der Waals surface area contributed by atoms with Crippen molar-refractivity contribution in [3.05, 3.63) is 29.3 Å². The summed E-state index contributed by atoms with van der Waals surface area (Å²) in [7, 11) is 2.90. The molecule has 0 unspecified atom stereocenters. The van der Waals surface area contributed by atoms with Gasteiger partial charge in [0.1, 0.15) is 11.5 Å². The van der Waals surface area contributed by atoms with E-state index in [1.807, 2.05) is 0 Å². The first-order chi connectivity index (χ1) is 8.12. The van der Waals surface area contributed by atoms with Crippen LogP contribution >= 0.6 is 0 Å². The topological polar surface area (TPSA) is 72.8 Å². The first-order valence-electron chi connectivity index (χ1n) is 4.74. The number of aldehydes is 1. The fourth-order valence-electron chi connectivity index (χ4n) is 1.34. The average Bonchev–Trinajstić information content (AvgIpc) is 2.34. The second kappa shape index (κ2) is 5.69. The SMILES string of the molecule is COc1cc(C=O)c(C=CC(=O)O)c(OC)c1. The number of aliphatic carboxylic acids is 1. The number of ether oxygens (including phenoxy) is 2. The van der Waals surface area contributed by atoms with Crippen molar-refractivity contribution in [2.45, 2.75) is 0 Å². The first-order valence-corrected chi connectivity index (χ1v) is 4.74. The number of carboxylic acid groups (broad SMARTS) is 1. The smallest absolute Gasteiger partial charge is 0.328 e. The first kappa shape index (κ1) is 12.8. The van der Waals surface area contributed by atoms with Crippen LogP contribution in [0, 0.1) is 0 Å². The number of carbonyl (C=O) groups excluding carboxylic acids is 1. The highest BCUT2D eigenvalue weighted by Crippen LogP contribution is 2.29. The van der Waals surface area contributed by atoms with E-state index in [9.17, 15) is 9.59 Å². The van der Waals surface area contributed by atoms with E-state index in [4.69, 9.17) is 14.6 Å². The molecule has 0 heterocycles. The maximum absolute atomic E-state index is 10.9. The Hall–Kier alpha value is -2.30. The summed E-state index contributed by atoms with van der Waals surface area (Å²) in [5, 5.41) is 8.56. The number of methoxy groups -OCH3 is 2. The van der Waals surface area contributed by atoms with Gasteiger partial charge >= 0.3 is 5.97 Å². The fraction of sp³-hybridized carbons (Fsp3) is 0.167. The van der Waals surface area contributed by atoms with E-state index >= 15 is 0 Å². The number of benzene rings is 1. The molecule has 0 radical (unpaired) electrons. The highest BCUT2D eigenvalue weighted by molar-refractivity contribution is 5.91. The van der Waals surface area contributed by atoms with Crippen molar-refractivity contribution in [3.8, 4) is 11.5 Å². The molecule has 5 nitrogen and oxygen atoms in total. The predicted molar refractivity (Wildman–Crippen MR) is 61.6 cm³/mol. The molecule has 5 heteroatoms. The van der Waals surface area contributed by atoms with Crippen LogP contribution in [0.3, 0.4) is 0 Å². The van der Waals surface area contributed by atoms with E-state index in [0.717, 1.165) is 6.08 Å². The Morgan fingerprint density at radius 3 is 2.47 bits per heavy atom. The minimum Gasteiger partial charge on any atom is -0.497 e. The summed E-state index contributed by atoms with van der Waals surface area (Å²) < 4.78 is 10.1. The minimum absolute atomic E-state index is 0.304. The van der Waals surface area contributed by atoms with E-state index in [0.29, 0.717) is 28.9 Å². The van der Waals surface area contributed by atoms with E-state index in [1.54, 1.807) is 6.07 Å². The molecule has 1 rings (SSSR count). The molecule has 90 valence electrons. The zero-order chi connectivity index (χ0) is 12.8. The van der Waals surface area contributed by atoms with Crippen LogP contribution in [-0.4, -0.2) is 31.6 Å². The normalized spacial score (nSPS) is 10.2. The average molecular weight is 236 g/mol. The van der Waals surface area contributed by atoms with Crippen LogP contribution in [0.25, 0.3) is 6.08 Å². The summed E-state index contributed by atoms with van der Waals surface area (Å²) in [6.45, 7) is 0. The molecule has 1 aromatic rings. The van der Waals surface area contributed by atoms with Gasteiger partial charge < -0.3 is 14.6 Å². The molecule has 0 saturated heterocycles. The Labute approximate surface area is 98.3 Å². The lowest BCUT2D eigenvalue weighted by atomic mass is 10.1. The Balaban J connectivity index is 3.34. The zero-order valence-corrected chi connectivity index (χ0v) is 9.47. The Bertz CT molecular complexity index is 462. The molecule has 0 fully saturated rings. The molecule has 0 atom stereocenters. The Kier molecular flexibility index (Phi) is 4.28. The van der Waals surface area contributed by atoms with Gasteiger partial charge in [-0.1, -0.05) is 0 Å². The van der Waals surface area contributed by atoms with Crippen molar-refractivity contribution < 1.29 is 24.2 Å². The van der Waals surface area contributed by atoms with Crippen LogP contribution in [0.5, 0.6) is 11.5 Å². The van der Waals surface area contributed by atoms with Crippen molar-refractivity contribution in [3.63, 3.8) is 0 Å². The van der Waals surface area contributed by atoms with Crippen molar-refractivity contribution in [1.29, 1.82) is 0 Å². The number of rotatable bonds is 5. The molecule has 0 aromatic heterocycles. The standard InChI is InChI=1S/C12H12O5/c1-16-9-5-8(7-13)10(3-4-12(14)15)11(6-9)17-2/h3-7H,1-2H3,(H,14,15). The lowest BCUT2D eigenvalue weighted by Crippen LogP contribution is -1.96. The van der Waals surface area contributed by atoms with Gasteiger partial charge in [-0.3, -0.25) is 4.79 Å². The van der Waals surface area contributed by atoms with Gasteiger partial charge in [0.15, 0.2) is 6.29 Å². The van der Waals surface area contributed by atoms with Gasteiger partial charge in [0, 0.05) is 23.3 Å². The van der Waals surface area contributed by atoms with Crippen LogP contribution in [0.15, 0.2) is 18.2 Å². The summed E-state index contributed by atoms with van der Waals surface area (Å²) in [5.74, 6) is -0.250. The van der Waals surface area contributed by atoms with Gasteiger partial charge in [0.25, 0.3) is 0 Å². The third-order valence-electron chi connectivity index (χ3n) is 2.12. The maximum Gasteiger partial charge on any atom is 0.328 e. The lowest BCUT2D eigenvalue weighted by molar-refractivity contribution is -0.131. The Morgan fingerprint density at radius 2 is 2.00 bits per heavy atom. The molecule has 0 aliphatic rings. The molecule has 0 aliphatic heterocycles.